The highest BCUT2D eigenvalue weighted by Gasteiger charge is 1.95. The molecule has 1 N–H and O–H groups in total. The highest BCUT2D eigenvalue weighted by molar-refractivity contribution is 14.1. The fourth-order valence-electron chi connectivity index (χ4n) is 0.427. The molecule has 0 saturated carbocycles. The molecule has 0 aliphatic heterocycles. The molecule has 1 rings (SSSR count). The minimum atomic E-state index is 0.844. The Labute approximate surface area is 79.7 Å². The Bertz CT molecular complexity index is 190. The van der Waals surface area contributed by atoms with Crippen LogP contribution in [-0.4, -0.2) is 4.98 Å². The zero-order valence-corrected chi connectivity index (χ0v) is 8.96. The van der Waals surface area contributed by atoms with Crippen molar-refractivity contribution in [2.75, 3.05) is 0 Å². The van der Waals surface area contributed by atoms with Crippen LogP contribution in [0.4, 0.5) is 0 Å². The van der Waals surface area contributed by atoms with Crippen LogP contribution in [0.5, 0.6) is 0 Å². The summed E-state index contributed by atoms with van der Waals surface area (Å²) in [7, 11) is 0. The Balaban J connectivity index is 2.61. The van der Waals surface area contributed by atoms with Crippen molar-refractivity contribution in [1.29, 1.82) is 0 Å². The van der Waals surface area contributed by atoms with Gasteiger partial charge in [0.25, 0.3) is 0 Å². The maximum atomic E-state index is 4.17. The molecule has 0 atom stereocenters. The van der Waals surface area contributed by atoms with E-state index in [1.165, 1.54) is 0 Å². The monoisotopic (exact) mass is 318 g/mol. The molecule has 0 radical (unpaired) electrons. The number of hydrogen-bond donors (Lipinski definition) is 1. The summed E-state index contributed by atoms with van der Waals surface area (Å²) in [5.74, 6) is 0. The maximum Gasteiger partial charge on any atom is 0.117 e. The molecule has 0 saturated heterocycles. The molecule has 0 amide bonds. The molecular weight excluding hydrogens is 315 g/mol. The summed E-state index contributed by atoms with van der Waals surface area (Å²) in [4.78, 5) is 4.17. The molecule has 1 aromatic heterocycles. The van der Waals surface area contributed by atoms with Gasteiger partial charge in [0.05, 0.1) is 6.54 Å². The third-order valence-corrected chi connectivity index (χ3v) is 2.68. The van der Waals surface area contributed by atoms with E-state index in [1.807, 2.05) is 5.38 Å². The van der Waals surface area contributed by atoms with Crippen LogP contribution in [-0.2, 0) is 6.54 Å². The van der Waals surface area contributed by atoms with Crippen LogP contribution in [0.3, 0.4) is 0 Å². The average Bonchev–Trinajstić information content (AvgIpc) is 2.17. The van der Waals surface area contributed by atoms with Gasteiger partial charge in [-0.25, -0.2) is 4.98 Å². The molecule has 0 aliphatic rings. The molecule has 0 aromatic carbocycles. The summed E-state index contributed by atoms with van der Waals surface area (Å²) < 4.78 is 3.92. The number of halogens is 2. The van der Waals surface area contributed by atoms with E-state index in [0.717, 1.165) is 16.2 Å². The Hall–Kier alpha value is 0.800. The SMILES string of the molecule is Brc1csc(CNI)n1. The zero-order chi connectivity index (χ0) is 6.69. The van der Waals surface area contributed by atoms with Crippen molar-refractivity contribution in [1.82, 2.24) is 8.51 Å². The van der Waals surface area contributed by atoms with E-state index in [2.05, 4.69) is 47.3 Å². The normalized spacial score (nSPS) is 10.0. The van der Waals surface area contributed by atoms with E-state index in [9.17, 15) is 0 Å². The molecule has 50 valence electrons. The molecule has 1 aromatic rings. The molecule has 2 nitrogen and oxygen atoms in total. The van der Waals surface area contributed by atoms with Crippen LogP contribution in [0.15, 0.2) is 9.98 Å². The Morgan fingerprint density at radius 2 is 2.67 bits per heavy atom. The van der Waals surface area contributed by atoms with E-state index in [1.54, 1.807) is 11.3 Å². The second-order valence-electron chi connectivity index (χ2n) is 1.37. The predicted octanol–water partition coefficient (Wildman–Crippen LogP) is 2.35. The lowest BCUT2D eigenvalue weighted by atomic mass is 10.7. The molecule has 0 fully saturated rings. The maximum absolute atomic E-state index is 4.17. The van der Waals surface area contributed by atoms with Gasteiger partial charge in [0.2, 0.25) is 0 Å². The molecule has 1 heterocycles. The second-order valence-corrected chi connectivity index (χ2v) is 3.89. The minimum absolute atomic E-state index is 0.844. The van der Waals surface area contributed by atoms with Crippen LogP contribution < -0.4 is 3.53 Å². The number of rotatable bonds is 2. The Morgan fingerprint density at radius 3 is 3.11 bits per heavy atom. The summed E-state index contributed by atoms with van der Waals surface area (Å²) in [6.45, 7) is 0.844. The fraction of sp³-hybridized carbons (Fsp3) is 0.250. The van der Waals surface area contributed by atoms with Gasteiger partial charge in [-0.2, -0.15) is 0 Å². The van der Waals surface area contributed by atoms with E-state index in [4.69, 9.17) is 0 Å². The van der Waals surface area contributed by atoms with Crippen molar-refractivity contribution in [2.24, 2.45) is 0 Å². The summed E-state index contributed by atoms with van der Waals surface area (Å²) >= 11 is 7.02. The summed E-state index contributed by atoms with van der Waals surface area (Å²) in [5, 5.41) is 3.08. The standard InChI is InChI=1S/C4H4BrIN2S/c5-3-2-9-4(8-3)1-7-6/h2,7H,1H2. The molecule has 0 spiro atoms. The van der Waals surface area contributed by atoms with Gasteiger partial charge in [0.1, 0.15) is 9.61 Å². The van der Waals surface area contributed by atoms with Crippen LogP contribution in [0.2, 0.25) is 0 Å². The highest BCUT2D eigenvalue weighted by atomic mass is 127. The minimum Gasteiger partial charge on any atom is -0.254 e. The Kier molecular flexibility index (Phi) is 3.38. The molecule has 5 heteroatoms. The average molecular weight is 319 g/mol. The van der Waals surface area contributed by atoms with Crippen LogP contribution >= 0.6 is 50.1 Å². The topological polar surface area (TPSA) is 24.9 Å². The number of aromatic nitrogens is 1. The van der Waals surface area contributed by atoms with Gasteiger partial charge in [-0.3, -0.25) is 3.53 Å². The number of nitrogens with zero attached hydrogens (tertiary/aromatic N) is 1. The molecule has 0 bridgehead atoms. The van der Waals surface area contributed by atoms with E-state index in [-0.39, 0.29) is 0 Å². The van der Waals surface area contributed by atoms with Gasteiger partial charge in [0.15, 0.2) is 0 Å². The van der Waals surface area contributed by atoms with Crippen molar-refractivity contribution in [2.45, 2.75) is 6.54 Å². The quantitative estimate of drug-likeness (QED) is 0.669. The fourth-order valence-corrected chi connectivity index (χ4v) is 2.25. The van der Waals surface area contributed by atoms with Gasteiger partial charge in [-0.1, -0.05) is 0 Å². The molecule has 0 unspecified atom stereocenters. The lowest BCUT2D eigenvalue weighted by molar-refractivity contribution is 0.984. The lowest BCUT2D eigenvalue weighted by Gasteiger charge is -1.86. The van der Waals surface area contributed by atoms with Crippen molar-refractivity contribution in [3.05, 3.63) is 15.0 Å². The van der Waals surface area contributed by atoms with E-state index < -0.39 is 0 Å². The van der Waals surface area contributed by atoms with Crippen LogP contribution in [0.1, 0.15) is 5.01 Å². The first-order valence-electron chi connectivity index (χ1n) is 2.26. The first kappa shape index (κ1) is 7.90. The van der Waals surface area contributed by atoms with E-state index >= 15 is 0 Å². The van der Waals surface area contributed by atoms with Gasteiger partial charge in [-0.15, -0.1) is 11.3 Å². The zero-order valence-electron chi connectivity index (χ0n) is 4.40. The largest absolute Gasteiger partial charge is 0.254 e. The molecule has 0 aliphatic carbocycles. The van der Waals surface area contributed by atoms with Gasteiger partial charge in [0, 0.05) is 28.2 Å². The van der Waals surface area contributed by atoms with Crippen molar-refractivity contribution in [3.63, 3.8) is 0 Å². The third kappa shape index (κ3) is 2.48. The first-order valence-corrected chi connectivity index (χ1v) is 5.01. The molecule has 9 heavy (non-hydrogen) atoms. The van der Waals surface area contributed by atoms with Crippen LogP contribution in [0, 0.1) is 0 Å². The number of hydrogen-bond acceptors (Lipinski definition) is 3. The summed E-state index contributed by atoms with van der Waals surface area (Å²) in [6.07, 6.45) is 0. The number of nitrogens with one attached hydrogen (secondary N) is 1. The van der Waals surface area contributed by atoms with E-state index in [0.29, 0.717) is 0 Å². The third-order valence-electron chi connectivity index (χ3n) is 0.742. The first-order chi connectivity index (χ1) is 4.33. The lowest BCUT2D eigenvalue weighted by Crippen LogP contribution is -1.95. The van der Waals surface area contributed by atoms with Crippen molar-refractivity contribution >= 4 is 50.1 Å². The number of thiazole rings is 1. The Morgan fingerprint density at radius 1 is 1.89 bits per heavy atom. The second kappa shape index (κ2) is 3.85. The van der Waals surface area contributed by atoms with Crippen molar-refractivity contribution < 1.29 is 0 Å². The van der Waals surface area contributed by atoms with Gasteiger partial charge >= 0.3 is 0 Å². The van der Waals surface area contributed by atoms with Crippen LogP contribution in [0.25, 0.3) is 0 Å². The predicted molar refractivity (Wildman–Crippen MR) is 50.7 cm³/mol. The van der Waals surface area contributed by atoms with Gasteiger partial charge in [-0.05, 0) is 15.9 Å². The smallest absolute Gasteiger partial charge is 0.117 e. The van der Waals surface area contributed by atoms with Gasteiger partial charge < -0.3 is 0 Å². The summed E-state index contributed by atoms with van der Waals surface area (Å²) in [5.41, 5.74) is 0. The summed E-state index contributed by atoms with van der Waals surface area (Å²) in [6, 6.07) is 0. The highest BCUT2D eigenvalue weighted by Crippen LogP contribution is 2.14. The van der Waals surface area contributed by atoms with Crippen molar-refractivity contribution in [3.8, 4) is 0 Å². The molecular formula is C4H4BrIN2S.